The SMILES string of the molecule is CCOC(=O)/C(C#N)=C/c1ccc(-c2cccc(Cl)c2)o1. The Balaban J connectivity index is 2.28. The van der Waals surface area contributed by atoms with Gasteiger partial charge in [-0.3, -0.25) is 0 Å². The number of nitriles is 1. The van der Waals surface area contributed by atoms with Crippen LogP contribution in [0.4, 0.5) is 0 Å². The Morgan fingerprint density at radius 3 is 2.90 bits per heavy atom. The van der Waals surface area contributed by atoms with Gasteiger partial charge in [-0.25, -0.2) is 4.79 Å². The molecule has 1 heterocycles. The van der Waals surface area contributed by atoms with Crippen LogP contribution < -0.4 is 0 Å². The molecule has 0 N–H and O–H groups in total. The van der Waals surface area contributed by atoms with Gasteiger partial charge in [0.15, 0.2) is 0 Å². The number of hydrogen-bond acceptors (Lipinski definition) is 4. The van der Waals surface area contributed by atoms with Gasteiger partial charge in [0.2, 0.25) is 0 Å². The van der Waals surface area contributed by atoms with Crippen molar-refractivity contribution in [3.05, 3.63) is 52.8 Å². The predicted octanol–water partition coefficient (Wildman–Crippen LogP) is 4.07. The average Bonchev–Trinajstić information content (AvgIpc) is 2.93. The lowest BCUT2D eigenvalue weighted by Gasteiger charge is -1.99. The van der Waals surface area contributed by atoms with E-state index < -0.39 is 5.97 Å². The summed E-state index contributed by atoms with van der Waals surface area (Å²) in [4.78, 5) is 11.5. The Bertz CT molecular complexity index is 725. The standard InChI is InChI=1S/C16H12ClNO3/c1-2-20-16(19)12(10-18)9-14-6-7-15(21-14)11-4-3-5-13(17)8-11/h3-9H,2H2,1H3/b12-9+. The predicted molar refractivity (Wildman–Crippen MR) is 79.4 cm³/mol. The maximum absolute atomic E-state index is 11.5. The third kappa shape index (κ3) is 3.74. The van der Waals surface area contributed by atoms with Gasteiger partial charge >= 0.3 is 5.97 Å². The van der Waals surface area contributed by atoms with Gasteiger partial charge in [-0.15, -0.1) is 0 Å². The molecule has 1 aromatic carbocycles. The summed E-state index contributed by atoms with van der Waals surface area (Å²) in [5, 5.41) is 9.57. The lowest BCUT2D eigenvalue weighted by molar-refractivity contribution is -0.137. The van der Waals surface area contributed by atoms with E-state index in [1.54, 1.807) is 37.3 Å². The monoisotopic (exact) mass is 301 g/mol. The van der Waals surface area contributed by atoms with Crippen molar-refractivity contribution in [3.63, 3.8) is 0 Å². The van der Waals surface area contributed by atoms with Crippen LogP contribution in [0.1, 0.15) is 12.7 Å². The van der Waals surface area contributed by atoms with E-state index in [2.05, 4.69) is 0 Å². The molecule has 0 saturated heterocycles. The van der Waals surface area contributed by atoms with Gasteiger partial charge in [-0.2, -0.15) is 5.26 Å². The van der Waals surface area contributed by atoms with E-state index in [4.69, 9.17) is 26.0 Å². The highest BCUT2D eigenvalue weighted by Gasteiger charge is 2.11. The van der Waals surface area contributed by atoms with Crippen LogP contribution >= 0.6 is 11.6 Å². The van der Waals surface area contributed by atoms with E-state index in [1.807, 2.05) is 12.1 Å². The second-order valence-electron chi connectivity index (χ2n) is 4.10. The Labute approximate surface area is 127 Å². The van der Waals surface area contributed by atoms with Gasteiger partial charge in [0.05, 0.1) is 6.61 Å². The Kier molecular flexibility index (Phi) is 4.81. The number of carbonyl (C=O) groups excluding carboxylic acids is 1. The third-order valence-corrected chi connectivity index (χ3v) is 2.87. The molecule has 0 atom stereocenters. The van der Waals surface area contributed by atoms with Crippen molar-refractivity contribution in [1.82, 2.24) is 0 Å². The van der Waals surface area contributed by atoms with Crippen LogP contribution in [-0.2, 0) is 9.53 Å². The highest BCUT2D eigenvalue weighted by molar-refractivity contribution is 6.30. The summed E-state index contributed by atoms with van der Waals surface area (Å²) in [5.41, 5.74) is 0.709. The number of ether oxygens (including phenoxy) is 1. The molecule has 0 radical (unpaired) electrons. The van der Waals surface area contributed by atoms with Crippen molar-refractivity contribution >= 4 is 23.6 Å². The number of esters is 1. The minimum Gasteiger partial charge on any atom is -0.462 e. The van der Waals surface area contributed by atoms with Gasteiger partial charge in [0.1, 0.15) is 23.2 Å². The van der Waals surface area contributed by atoms with Crippen LogP contribution in [0.15, 0.2) is 46.4 Å². The maximum Gasteiger partial charge on any atom is 0.349 e. The molecule has 0 bridgehead atoms. The fourth-order valence-electron chi connectivity index (χ4n) is 1.72. The molecule has 0 amide bonds. The van der Waals surface area contributed by atoms with E-state index in [1.165, 1.54) is 6.08 Å². The average molecular weight is 302 g/mol. The van der Waals surface area contributed by atoms with Crippen LogP contribution in [0.2, 0.25) is 5.02 Å². The summed E-state index contributed by atoms with van der Waals surface area (Å²) >= 11 is 5.93. The number of nitrogens with zero attached hydrogens (tertiary/aromatic N) is 1. The van der Waals surface area contributed by atoms with Gasteiger partial charge in [0, 0.05) is 16.7 Å². The van der Waals surface area contributed by atoms with E-state index >= 15 is 0 Å². The van der Waals surface area contributed by atoms with Crippen LogP contribution in [-0.4, -0.2) is 12.6 Å². The van der Waals surface area contributed by atoms with Crippen LogP contribution in [0, 0.1) is 11.3 Å². The van der Waals surface area contributed by atoms with Gasteiger partial charge in [0.25, 0.3) is 0 Å². The smallest absolute Gasteiger partial charge is 0.349 e. The number of benzene rings is 1. The number of hydrogen-bond donors (Lipinski definition) is 0. The second-order valence-corrected chi connectivity index (χ2v) is 4.54. The second kappa shape index (κ2) is 6.78. The number of rotatable bonds is 4. The van der Waals surface area contributed by atoms with E-state index in [0.29, 0.717) is 16.5 Å². The van der Waals surface area contributed by atoms with Crippen LogP contribution in [0.3, 0.4) is 0 Å². The zero-order valence-electron chi connectivity index (χ0n) is 11.3. The summed E-state index contributed by atoms with van der Waals surface area (Å²) in [6, 6.07) is 12.4. The highest BCUT2D eigenvalue weighted by Crippen LogP contribution is 2.25. The minimum absolute atomic E-state index is 0.108. The van der Waals surface area contributed by atoms with E-state index in [0.717, 1.165) is 5.56 Å². The van der Waals surface area contributed by atoms with E-state index in [9.17, 15) is 4.79 Å². The van der Waals surface area contributed by atoms with E-state index in [-0.39, 0.29) is 12.2 Å². The first kappa shape index (κ1) is 14.9. The Morgan fingerprint density at radius 1 is 1.43 bits per heavy atom. The molecule has 0 unspecified atom stereocenters. The molecule has 0 aliphatic rings. The zero-order valence-corrected chi connectivity index (χ0v) is 12.1. The molecular formula is C16H12ClNO3. The van der Waals surface area contributed by atoms with Crippen LogP contribution in [0.5, 0.6) is 0 Å². The Hall–Kier alpha value is -2.51. The summed E-state index contributed by atoms with van der Waals surface area (Å²) in [5.74, 6) is 0.334. The fraction of sp³-hybridized carbons (Fsp3) is 0.125. The van der Waals surface area contributed by atoms with Crippen molar-refractivity contribution in [2.45, 2.75) is 6.92 Å². The quantitative estimate of drug-likeness (QED) is 0.485. The zero-order chi connectivity index (χ0) is 15.2. The molecule has 0 aliphatic heterocycles. The summed E-state index contributed by atoms with van der Waals surface area (Å²) in [6.45, 7) is 1.89. The molecule has 0 aliphatic carbocycles. The number of halogens is 1. The van der Waals surface area contributed by atoms with Crippen molar-refractivity contribution < 1.29 is 13.9 Å². The summed E-state index contributed by atoms with van der Waals surface area (Å²) in [7, 11) is 0. The number of furan rings is 1. The lowest BCUT2D eigenvalue weighted by atomic mass is 10.2. The summed E-state index contributed by atoms with van der Waals surface area (Å²) in [6.07, 6.45) is 1.35. The molecule has 4 nitrogen and oxygen atoms in total. The molecule has 1 aromatic heterocycles. The highest BCUT2D eigenvalue weighted by atomic mass is 35.5. The number of carbonyl (C=O) groups is 1. The first-order chi connectivity index (χ1) is 10.1. The molecular weight excluding hydrogens is 290 g/mol. The molecule has 0 saturated carbocycles. The maximum atomic E-state index is 11.5. The topological polar surface area (TPSA) is 63.2 Å². The molecule has 0 spiro atoms. The Morgan fingerprint density at radius 2 is 2.24 bits per heavy atom. The molecule has 21 heavy (non-hydrogen) atoms. The van der Waals surface area contributed by atoms with Crippen molar-refractivity contribution in [2.75, 3.05) is 6.61 Å². The van der Waals surface area contributed by atoms with Crippen molar-refractivity contribution in [2.24, 2.45) is 0 Å². The normalized spacial score (nSPS) is 11.0. The molecule has 5 heteroatoms. The first-order valence-electron chi connectivity index (χ1n) is 6.28. The van der Waals surface area contributed by atoms with Crippen molar-refractivity contribution in [3.8, 4) is 17.4 Å². The minimum atomic E-state index is -0.666. The lowest BCUT2D eigenvalue weighted by Crippen LogP contribution is -2.05. The first-order valence-corrected chi connectivity index (χ1v) is 6.66. The van der Waals surface area contributed by atoms with Crippen molar-refractivity contribution in [1.29, 1.82) is 5.26 Å². The third-order valence-electron chi connectivity index (χ3n) is 2.64. The molecule has 106 valence electrons. The molecule has 2 aromatic rings. The molecule has 0 fully saturated rings. The molecule has 2 rings (SSSR count). The summed E-state index contributed by atoms with van der Waals surface area (Å²) < 4.78 is 10.4. The van der Waals surface area contributed by atoms with Gasteiger partial charge < -0.3 is 9.15 Å². The van der Waals surface area contributed by atoms with Gasteiger partial charge in [-0.05, 0) is 31.2 Å². The largest absolute Gasteiger partial charge is 0.462 e. The fourth-order valence-corrected chi connectivity index (χ4v) is 1.91. The van der Waals surface area contributed by atoms with Gasteiger partial charge in [-0.1, -0.05) is 23.7 Å². The van der Waals surface area contributed by atoms with Crippen LogP contribution in [0.25, 0.3) is 17.4 Å².